The van der Waals surface area contributed by atoms with Gasteiger partial charge in [0.05, 0.1) is 6.61 Å². The van der Waals surface area contributed by atoms with Crippen LogP contribution in [0.3, 0.4) is 0 Å². The average molecular weight is 236 g/mol. The van der Waals surface area contributed by atoms with Gasteiger partial charge in [0.2, 0.25) is 5.88 Å². The lowest BCUT2D eigenvalue weighted by Gasteiger charge is -2.09. The molecule has 0 N–H and O–H groups in total. The number of hydrogen-bond donors (Lipinski definition) is 0. The van der Waals surface area contributed by atoms with E-state index in [9.17, 15) is 0 Å². The standard InChI is InChI=1S/C14H24N2O/c1-5-6-7-8-13-15-12(4)9-14(16-13)17-10-11(2)3/h9,11H,5-8,10H2,1-4H3. The molecule has 0 atom stereocenters. The second-order valence-corrected chi connectivity index (χ2v) is 4.93. The first-order valence-electron chi connectivity index (χ1n) is 6.59. The van der Waals surface area contributed by atoms with Crippen molar-refractivity contribution < 1.29 is 4.74 Å². The topological polar surface area (TPSA) is 35.0 Å². The molecule has 0 spiro atoms. The summed E-state index contributed by atoms with van der Waals surface area (Å²) >= 11 is 0. The van der Waals surface area contributed by atoms with Crippen molar-refractivity contribution in [3.8, 4) is 5.88 Å². The van der Waals surface area contributed by atoms with Gasteiger partial charge in [0.15, 0.2) is 0 Å². The van der Waals surface area contributed by atoms with Crippen molar-refractivity contribution in [3.05, 3.63) is 17.6 Å². The largest absolute Gasteiger partial charge is 0.477 e. The summed E-state index contributed by atoms with van der Waals surface area (Å²) in [6.07, 6.45) is 4.57. The highest BCUT2D eigenvalue weighted by Gasteiger charge is 2.04. The smallest absolute Gasteiger partial charge is 0.216 e. The Bertz CT molecular complexity index is 337. The van der Waals surface area contributed by atoms with Crippen LogP contribution in [0, 0.1) is 12.8 Å². The van der Waals surface area contributed by atoms with Gasteiger partial charge in [-0.1, -0.05) is 33.6 Å². The monoisotopic (exact) mass is 236 g/mol. The van der Waals surface area contributed by atoms with E-state index in [0.717, 1.165) is 30.2 Å². The molecule has 0 saturated carbocycles. The summed E-state index contributed by atoms with van der Waals surface area (Å²) in [6, 6.07) is 1.91. The summed E-state index contributed by atoms with van der Waals surface area (Å²) in [5.41, 5.74) is 0.991. The minimum absolute atomic E-state index is 0.522. The van der Waals surface area contributed by atoms with Crippen molar-refractivity contribution in [2.45, 2.75) is 53.4 Å². The maximum atomic E-state index is 5.64. The van der Waals surface area contributed by atoms with Gasteiger partial charge >= 0.3 is 0 Å². The Kier molecular flexibility index (Phi) is 5.95. The van der Waals surface area contributed by atoms with Gasteiger partial charge in [-0.15, -0.1) is 0 Å². The predicted octanol–water partition coefficient (Wildman–Crippen LogP) is 3.55. The summed E-state index contributed by atoms with van der Waals surface area (Å²) in [5.74, 6) is 2.16. The fourth-order valence-corrected chi connectivity index (χ4v) is 1.57. The molecule has 0 aliphatic rings. The van der Waals surface area contributed by atoms with Crippen LogP contribution >= 0.6 is 0 Å². The third-order valence-electron chi connectivity index (χ3n) is 2.45. The molecule has 0 unspecified atom stereocenters. The van der Waals surface area contributed by atoms with Gasteiger partial charge in [0.1, 0.15) is 5.82 Å². The van der Waals surface area contributed by atoms with E-state index < -0.39 is 0 Å². The summed E-state index contributed by atoms with van der Waals surface area (Å²) in [6.45, 7) is 9.18. The molecule has 1 aromatic rings. The summed E-state index contributed by atoms with van der Waals surface area (Å²) in [4.78, 5) is 8.89. The molecule has 0 aliphatic heterocycles. The lowest BCUT2D eigenvalue weighted by molar-refractivity contribution is 0.259. The number of rotatable bonds is 7. The summed E-state index contributed by atoms with van der Waals surface area (Å²) in [7, 11) is 0. The van der Waals surface area contributed by atoms with Crippen LogP contribution in [0.15, 0.2) is 6.07 Å². The zero-order chi connectivity index (χ0) is 12.7. The van der Waals surface area contributed by atoms with Gasteiger partial charge in [-0.2, -0.15) is 4.98 Å². The van der Waals surface area contributed by atoms with Crippen molar-refractivity contribution in [2.75, 3.05) is 6.61 Å². The number of unbranched alkanes of at least 4 members (excludes halogenated alkanes) is 2. The first kappa shape index (κ1) is 13.9. The Morgan fingerprint density at radius 3 is 2.65 bits per heavy atom. The maximum absolute atomic E-state index is 5.64. The van der Waals surface area contributed by atoms with Crippen molar-refractivity contribution >= 4 is 0 Å². The van der Waals surface area contributed by atoms with Gasteiger partial charge < -0.3 is 4.74 Å². The number of ether oxygens (including phenoxy) is 1. The second-order valence-electron chi connectivity index (χ2n) is 4.93. The van der Waals surface area contributed by atoms with Crippen LogP contribution in [0.2, 0.25) is 0 Å². The highest BCUT2D eigenvalue weighted by molar-refractivity contribution is 5.15. The molecule has 96 valence electrons. The van der Waals surface area contributed by atoms with Crippen LogP contribution in [0.1, 0.15) is 51.6 Å². The predicted molar refractivity (Wildman–Crippen MR) is 70.3 cm³/mol. The third-order valence-corrected chi connectivity index (χ3v) is 2.45. The molecule has 0 aromatic carbocycles. The molecule has 3 nitrogen and oxygen atoms in total. The van der Waals surface area contributed by atoms with Crippen molar-refractivity contribution in [3.63, 3.8) is 0 Å². The molecule has 0 bridgehead atoms. The Morgan fingerprint density at radius 1 is 1.24 bits per heavy atom. The van der Waals surface area contributed by atoms with Gasteiger partial charge in [0, 0.05) is 18.2 Å². The van der Waals surface area contributed by atoms with Crippen molar-refractivity contribution in [1.82, 2.24) is 9.97 Å². The molecule has 1 heterocycles. The van der Waals surface area contributed by atoms with Crippen LogP contribution in [0.25, 0.3) is 0 Å². The maximum Gasteiger partial charge on any atom is 0.216 e. The quantitative estimate of drug-likeness (QED) is 0.679. The summed E-state index contributed by atoms with van der Waals surface area (Å²) in [5, 5.41) is 0. The molecule has 0 saturated heterocycles. The molecule has 1 rings (SSSR count). The van der Waals surface area contributed by atoms with E-state index in [1.54, 1.807) is 0 Å². The lowest BCUT2D eigenvalue weighted by Crippen LogP contribution is -2.08. The van der Waals surface area contributed by atoms with E-state index in [1.165, 1.54) is 12.8 Å². The number of aromatic nitrogens is 2. The van der Waals surface area contributed by atoms with Crippen LogP contribution in [0.4, 0.5) is 0 Å². The van der Waals surface area contributed by atoms with Gasteiger partial charge in [0.25, 0.3) is 0 Å². The van der Waals surface area contributed by atoms with E-state index in [4.69, 9.17) is 4.74 Å². The normalized spacial score (nSPS) is 10.9. The van der Waals surface area contributed by atoms with Crippen LogP contribution < -0.4 is 4.74 Å². The zero-order valence-corrected chi connectivity index (χ0v) is 11.5. The fourth-order valence-electron chi connectivity index (χ4n) is 1.57. The zero-order valence-electron chi connectivity index (χ0n) is 11.5. The van der Waals surface area contributed by atoms with Crippen molar-refractivity contribution in [1.29, 1.82) is 0 Å². The minimum atomic E-state index is 0.522. The molecular weight excluding hydrogens is 212 g/mol. The molecule has 1 aromatic heterocycles. The lowest BCUT2D eigenvalue weighted by atomic mass is 10.2. The molecule has 0 aliphatic carbocycles. The number of hydrogen-bond acceptors (Lipinski definition) is 3. The van der Waals surface area contributed by atoms with Gasteiger partial charge in [-0.25, -0.2) is 4.98 Å². The Labute approximate surface area is 105 Å². The van der Waals surface area contributed by atoms with Crippen LogP contribution in [0.5, 0.6) is 5.88 Å². The van der Waals surface area contributed by atoms with Gasteiger partial charge in [-0.05, 0) is 19.3 Å². The molecule has 17 heavy (non-hydrogen) atoms. The molecule has 3 heteroatoms. The average Bonchev–Trinajstić information content (AvgIpc) is 2.26. The van der Waals surface area contributed by atoms with Crippen LogP contribution in [-0.4, -0.2) is 16.6 Å². The molecule has 0 radical (unpaired) electrons. The van der Waals surface area contributed by atoms with E-state index in [2.05, 4.69) is 30.7 Å². The van der Waals surface area contributed by atoms with Crippen molar-refractivity contribution in [2.24, 2.45) is 5.92 Å². The Balaban J connectivity index is 2.59. The summed E-state index contributed by atoms with van der Waals surface area (Å²) < 4.78 is 5.64. The number of aryl methyl sites for hydroxylation is 2. The van der Waals surface area contributed by atoms with E-state index >= 15 is 0 Å². The fraction of sp³-hybridized carbons (Fsp3) is 0.714. The third kappa shape index (κ3) is 5.66. The molecular formula is C14H24N2O. The highest BCUT2D eigenvalue weighted by Crippen LogP contribution is 2.12. The SMILES string of the molecule is CCCCCc1nc(C)cc(OCC(C)C)n1. The Hall–Kier alpha value is -1.12. The molecule has 0 amide bonds. The van der Waals surface area contributed by atoms with Gasteiger partial charge in [-0.3, -0.25) is 0 Å². The minimum Gasteiger partial charge on any atom is -0.477 e. The second kappa shape index (κ2) is 7.25. The first-order chi connectivity index (χ1) is 8.11. The first-order valence-corrected chi connectivity index (χ1v) is 6.59. The van der Waals surface area contributed by atoms with E-state index in [1.807, 2.05) is 13.0 Å². The van der Waals surface area contributed by atoms with E-state index in [-0.39, 0.29) is 0 Å². The van der Waals surface area contributed by atoms with Crippen LogP contribution in [-0.2, 0) is 6.42 Å². The number of nitrogens with zero attached hydrogens (tertiary/aromatic N) is 2. The Morgan fingerprint density at radius 2 is 2.00 bits per heavy atom. The highest BCUT2D eigenvalue weighted by atomic mass is 16.5. The molecule has 0 fully saturated rings. The van der Waals surface area contributed by atoms with E-state index in [0.29, 0.717) is 12.5 Å².